The minimum atomic E-state index is -1.50. The Morgan fingerprint density at radius 3 is 1.91 bits per heavy atom. The third kappa shape index (κ3) is 4.70. The Morgan fingerprint density at radius 2 is 1.45 bits per heavy atom. The number of ether oxygens (including phenoxy) is 1. The number of benzene rings is 1. The normalized spacial score (nSPS) is 12.2. The maximum absolute atomic E-state index is 12.1. The minimum absolute atomic E-state index is 0.0531. The van der Waals surface area contributed by atoms with Crippen molar-refractivity contribution in [1.82, 2.24) is 0 Å². The van der Waals surface area contributed by atoms with Crippen molar-refractivity contribution in [3.63, 3.8) is 0 Å². The molecule has 0 spiro atoms. The van der Waals surface area contributed by atoms with Crippen molar-refractivity contribution in [2.24, 2.45) is 0 Å². The molecule has 0 radical (unpaired) electrons. The highest BCUT2D eigenvalue weighted by atomic mass is 28.3. The number of carbonyl (C=O) groups excluding carboxylic acids is 1. The lowest BCUT2D eigenvalue weighted by atomic mass is 10.2. The van der Waals surface area contributed by atoms with Gasteiger partial charge in [-0.05, 0) is 11.6 Å². The number of rotatable bonds is 8. The van der Waals surface area contributed by atoms with Gasteiger partial charge < -0.3 is 4.74 Å². The lowest BCUT2D eigenvalue weighted by Crippen LogP contribution is -2.44. The van der Waals surface area contributed by atoms with Crippen molar-refractivity contribution in [2.75, 3.05) is 0 Å². The van der Waals surface area contributed by atoms with Crippen LogP contribution in [-0.4, -0.2) is 14.0 Å². The molecule has 1 rings (SSSR count). The first kappa shape index (κ1) is 19.0. The van der Waals surface area contributed by atoms with Crippen molar-refractivity contribution < 1.29 is 9.53 Å². The largest absolute Gasteiger partial charge is 0.461 e. The van der Waals surface area contributed by atoms with Gasteiger partial charge in [0.05, 0.1) is 8.07 Å². The topological polar surface area (TPSA) is 26.3 Å². The third-order valence-corrected chi connectivity index (χ3v) is 12.8. The average Bonchev–Trinajstić information content (AvgIpc) is 2.45. The third-order valence-electron chi connectivity index (χ3n) is 5.23. The maximum Gasteiger partial charge on any atom is 0.305 e. The Morgan fingerprint density at radius 1 is 0.955 bits per heavy atom. The number of hydrogen-bond donors (Lipinski definition) is 0. The highest BCUT2D eigenvalue weighted by Gasteiger charge is 2.42. The Labute approximate surface area is 137 Å². The van der Waals surface area contributed by atoms with Gasteiger partial charge in [0.1, 0.15) is 6.61 Å². The van der Waals surface area contributed by atoms with Crippen molar-refractivity contribution in [2.45, 2.75) is 77.2 Å². The Kier molecular flexibility index (Phi) is 7.34. The molecule has 3 heteroatoms. The summed E-state index contributed by atoms with van der Waals surface area (Å²) < 4.78 is 5.45. The fourth-order valence-corrected chi connectivity index (χ4v) is 10.4. The Balaban J connectivity index is 2.59. The molecule has 0 saturated heterocycles. The van der Waals surface area contributed by atoms with Crippen LogP contribution in [0.15, 0.2) is 30.3 Å². The lowest BCUT2D eigenvalue weighted by Gasteiger charge is -2.43. The van der Waals surface area contributed by atoms with Crippen LogP contribution in [0.5, 0.6) is 0 Å². The first-order valence-corrected chi connectivity index (χ1v) is 10.9. The van der Waals surface area contributed by atoms with Crippen molar-refractivity contribution in [3.8, 4) is 0 Å². The summed E-state index contributed by atoms with van der Waals surface area (Å²) in [5, 5.41) is 0. The van der Waals surface area contributed by atoms with E-state index < -0.39 is 8.07 Å². The second kappa shape index (κ2) is 8.52. The molecule has 0 heterocycles. The predicted octanol–water partition coefficient (Wildman–Crippen LogP) is 5.80. The minimum Gasteiger partial charge on any atom is -0.461 e. The lowest BCUT2D eigenvalue weighted by molar-refractivity contribution is -0.144. The molecule has 0 saturated carbocycles. The summed E-state index contributed by atoms with van der Waals surface area (Å²) in [6.45, 7) is 14.4. The summed E-state index contributed by atoms with van der Waals surface area (Å²) in [6, 6.07) is 10.9. The molecule has 0 amide bonds. The monoisotopic (exact) mass is 320 g/mol. The zero-order valence-electron chi connectivity index (χ0n) is 15.1. The Hall–Kier alpha value is -1.09. The molecular formula is C19H32O2Si. The highest BCUT2D eigenvalue weighted by Crippen LogP contribution is 2.45. The fourth-order valence-electron chi connectivity index (χ4n) is 3.99. The first-order valence-electron chi connectivity index (χ1n) is 8.50. The summed E-state index contributed by atoms with van der Waals surface area (Å²) in [7, 11) is -1.50. The van der Waals surface area contributed by atoms with Gasteiger partial charge in [-0.15, -0.1) is 0 Å². The average molecular weight is 321 g/mol. The number of hydrogen-bond acceptors (Lipinski definition) is 2. The second-order valence-electron chi connectivity index (χ2n) is 7.22. The molecule has 1 aromatic carbocycles. The molecule has 0 fully saturated rings. The fraction of sp³-hybridized carbons (Fsp3) is 0.632. The summed E-state index contributed by atoms with van der Waals surface area (Å²) >= 11 is 0. The molecule has 0 atom stereocenters. The first-order chi connectivity index (χ1) is 10.3. The van der Waals surface area contributed by atoms with E-state index in [-0.39, 0.29) is 5.97 Å². The van der Waals surface area contributed by atoms with Gasteiger partial charge in [-0.2, -0.15) is 0 Å². The second-order valence-corrected chi connectivity index (χ2v) is 13.4. The zero-order valence-corrected chi connectivity index (χ0v) is 16.1. The molecular weight excluding hydrogens is 288 g/mol. The van der Waals surface area contributed by atoms with Crippen LogP contribution in [-0.2, 0) is 16.1 Å². The van der Waals surface area contributed by atoms with Gasteiger partial charge in [-0.25, -0.2) is 0 Å². The summed E-state index contributed by atoms with van der Waals surface area (Å²) in [5.74, 6) is -0.0531. The molecule has 0 aliphatic rings. The molecule has 0 aromatic heterocycles. The summed E-state index contributed by atoms with van der Waals surface area (Å²) in [4.78, 5) is 12.1. The molecule has 0 aliphatic carbocycles. The number of esters is 1. The molecule has 22 heavy (non-hydrogen) atoms. The van der Waals surface area contributed by atoms with Crippen molar-refractivity contribution in [3.05, 3.63) is 35.9 Å². The van der Waals surface area contributed by atoms with Gasteiger partial charge in [0.2, 0.25) is 0 Å². The number of carbonyl (C=O) groups is 1. The molecule has 2 nitrogen and oxygen atoms in total. The van der Waals surface area contributed by atoms with E-state index >= 15 is 0 Å². The van der Waals surface area contributed by atoms with Crippen LogP contribution in [0.4, 0.5) is 0 Å². The van der Waals surface area contributed by atoms with E-state index in [1.807, 2.05) is 30.3 Å². The van der Waals surface area contributed by atoms with E-state index in [1.165, 1.54) is 0 Å². The van der Waals surface area contributed by atoms with E-state index in [4.69, 9.17) is 4.74 Å². The van der Waals surface area contributed by atoms with Gasteiger partial charge in [-0.1, -0.05) is 88.5 Å². The smallest absolute Gasteiger partial charge is 0.305 e. The van der Waals surface area contributed by atoms with E-state index in [9.17, 15) is 4.79 Å². The molecule has 0 N–H and O–H groups in total. The van der Waals surface area contributed by atoms with E-state index in [1.54, 1.807) is 0 Å². The van der Waals surface area contributed by atoms with Gasteiger partial charge in [-0.3, -0.25) is 4.79 Å². The van der Waals surface area contributed by atoms with Crippen LogP contribution in [0.3, 0.4) is 0 Å². The molecule has 0 unspecified atom stereocenters. The molecule has 1 aromatic rings. The standard InChI is InChI=1S/C19H32O2Si/c1-15(2)22(16(3)4,17(5)6)13-12-19(20)21-14-18-10-8-7-9-11-18/h7-11,15-17H,12-14H2,1-6H3. The van der Waals surface area contributed by atoms with Crippen LogP contribution >= 0.6 is 0 Å². The summed E-state index contributed by atoms with van der Waals surface area (Å²) in [6.07, 6.45) is 0.563. The van der Waals surface area contributed by atoms with Crippen molar-refractivity contribution in [1.29, 1.82) is 0 Å². The van der Waals surface area contributed by atoms with Crippen LogP contribution < -0.4 is 0 Å². The molecule has 0 bridgehead atoms. The van der Waals surface area contributed by atoms with Gasteiger partial charge >= 0.3 is 5.97 Å². The highest BCUT2D eigenvalue weighted by molar-refractivity contribution is 6.83. The molecule has 0 aliphatic heterocycles. The zero-order chi connectivity index (χ0) is 16.8. The maximum atomic E-state index is 12.1. The van der Waals surface area contributed by atoms with Crippen LogP contribution in [0.2, 0.25) is 22.7 Å². The van der Waals surface area contributed by atoms with E-state index in [0.29, 0.717) is 29.7 Å². The van der Waals surface area contributed by atoms with Crippen LogP contribution in [0, 0.1) is 0 Å². The van der Waals surface area contributed by atoms with Crippen molar-refractivity contribution >= 4 is 14.0 Å². The van der Waals surface area contributed by atoms with Crippen LogP contribution in [0.1, 0.15) is 53.5 Å². The Bertz CT molecular complexity index is 430. The van der Waals surface area contributed by atoms with E-state index in [0.717, 1.165) is 11.6 Å². The summed E-state index contributed by atoms with van der Waals surface area (Å²) in [5.41, 5.74) is 3.12. The predicted molar refractivity (Wildman–Crippen MR) is 96.7 cm³/mol. The van der Waals surface area contributed by atoms with Gasteiger partial charge in [0.25, 0.3) is 0 Å². The molecule has 124 valence electrons. The SMILES string of the molecule is CC(C)[Si](CCC(=O)OCc1ccccc1)(C(C)C)C(C)C. The van der Waals surface area contributed by atoms with E-state index in [2.05, 4.69) is 41.5 Å². The van der Waals surface area contributed by atoms with Gasteiger partial charge in [0, 0.05) is 6.42 Å². The quantitative estimate of drug-likeness (QED) is 0.447. The van der Waals surface area contributed by atoms with Crippen LogP contribution in [0.25, 0.3) is 0 Å². The van der Waals surface area contributed by atoms with Gasteiger partial charge in [0.15, 0.2) is 0 Å².